The molecule has 142 valence electrons. The highest BCUT2D eigenvalue weighted by Gasteiger charge is 2.15. The first kappa shape index (κ1) is 19.5. The van der Waals surface area contributed by atoms with E-state index in [4.69, 9.17) is 21.1 Å². The van der Waals surface area contributed by atoms with E-state index in [-0.39, 0.29) is 5.56 Å². The van der Waals surface area contributed by atoms with Gasteiger partial charge in [0.05, 0.1) is 0 Å². The number of ether oxygens (including phenoxy) is 2. The predicted octanol–water partition coefficient (Wildman–Crippen LogP) is 4.71. The van der Waals surface area contributed by atoms with Crippen LogP contribution >= 0.6 is 11.6 Å². The van der Waals surface area contributed by atoms with Gasteiger partial charge in [-0.1, -0.05) is 54.1 Å². The zero-order chi connectivity index (χ0) is 19.8. The van der Waals surface area contributed by atoms with Crippen LogP contribution in [0.15, 0.2) is 78.9 Å². The van der Waals surface area contributed by atoms with Gasteiger partial charge in [-0.25, -0.2) is 4.79 Å². The average molecular weight is 396 g/mol. The van der Waals surface area contributed by atoms with Crippen molar-refractivity contribution in [1.82, 2.24) is 0 Å². The van der Waals surface area contributed by atoms with E-state index >= 15 is 0 Å². The third-order valence-electron chi connectivity index (χ3n) is 3.81. The standard InChI is InChI=1S/C22H18ClNO4/c23-17-10-12-18(13-11-17)24-21(25)15-28-22(26)19-8-4-5-9-20(19)27-14-16-6-2-1-3-7-16/h1-13H,14-15H2,(H,24,25). The molecule has 0 spiro atoms. The maximum absolute atomic E-state index is 12.4. The maximum Gasteiger partial charge on any atom is 0.342 e. The van der Waals surface area contributed by atoms with Crippen molar-refractivity contribution in [2.24, 2.45) is 0 Å². The fourth-order valence-corrected chi connectivity index (χ4v) is 2.56. The van der Waals surface area contributed by atoms with E-state index in [1.165, 1.54) is 0 Å². The summed E-state index contributed by atoms with van der Waals surface area (Å²) in [5.74, 6) is -0.678. The van der Waals surface area contributed by atoms with Crippen LogP contribution in [0.1, 0.15) is 15.9 Å². The lowest BCUT2D eigenvalue weighted by molar-refractivity contribution is -0.119. The van der Waals surface area contributed by atoms with Gasteiger partial charge in [0.1, 0.15) is 17.9 Å². The van der Waals surface area contributed by atoms with Gasteiger partial charge in [0.25, 0.3) is 5.91 Å². The van der Waals surface area contributed by atoms with Crippen LogP contribution in [0.5, 0.6) is 5.75 Å². The van der Waals surface area contributed by atoms with Crippen LogP contribution in [0.3, 0.4) is 0 Å². The molecule has 0 atom stereocenters. The minimum atomic E-state index is -0.630. The number of rotatable bonds is 7. The number of nitrogens with one attached hydrogen (secondary N) is 1. The Labute approximate surface area is 167 Å². The van der Waals surface area contributed by atoms with Gasteiger partial charge in [-0.05, 0) is 42.0 Å². The highest BCUT2D eigenvalue weighted by atomic mass is 35.5. The molecule has 0 aromatic heterocycles. The number of hydrogen-bond donors (Lipinski definition) is 1. The summed E-state index contributed by atoms with van der Waals surface area (Å²) in [6, 6.07) is 23.0. The van der Waals surface area contributed by atoms with Gasteiger partial charge in [-0.3, -0.25) is 4.79 Å². The summed E-state index contributed by atoms with van der Waals surface area (Å²) in [4.78, 5) is 24.4. The summed E-state index contributed by atoms with van der Waals surface area (Å²) in [7, 11) is 0. The topological polar surface area (TPSA) is 64.6 Å². The second-order valence-corrected chi connectivity index (χ2v) is 6.34. The Morgan fingerprint density at radius 3 is 2.29 bits per heavy atom. The maximum atomic E-state index is 12.4. The third-order valence-corrected chi connectivity index (χ3v) is 4.06. The van der Waals surface area contributed by atoms with Gasteiger partial charge >= 0.3 is 5.97 Å². The van der Waals surface area contributed by atoms with E-state index < -0.39 is 18.5 Å². The van der Waals surface area contributed by atoms with Crippen LogP contribution in [0, 0.1) is 0 Å². The molecule has 3 aromatic carbocycles. The van der Waals surface area contributed by atoms with E-state index in [0.717, 1.165) is 5.56 Å². The van der Waals surface area contributed by atoms with E-state index in [1.807, 2.05) is 30.3 Å². The molecule has 5 nitrogen and oxygen atoms in total. The van der Waals surface area contributed by atoms with Crippen molar-refractivity contribution in [2.45, 2.75) is 6.61 Å². The first-order valence-corrected chi connectivity index (χ1v) is 8.98. The average Bonchev–Trinajstić information content (AvgIpc) is 2.73. The number of anilines is 1. The van der Waals surface area contributed by atoms with Gasteiger partial charge in [0.15, 0.2) is 6.61 Å². The van der Waals surface area contributed by atoms with Gasteiger partial charge in [-0.2, -0.15) is 0 Å². The number of halogens is 1. The lowest BCUT2D eigenvalue weighted by atomic mass is 10.2. The van der Waals surface area contributed by atoms with Crippen LogP contribution in [-0.4, -0.2) is 18.5 Å². The Morgan fingerprint density at radius 2 is 1.54 bits per heavy atom. The van der Waals surface area contributed by atoms with E-state index in [9.17, 15) is 9.59 Å². The molecule has 0 radical (unpaired) electrons. The first-order valence-electron chi connectivity index (χ1n) is 8.60. The number of benzene rings is 3. The molecule has 0 aliphatic carbocycles. The first-order chi connectivity index (χ1) is 13.6. The van der Waals surface area contributed by atoms with Gasteiger partial charge in [0, 0.05) is 10.7 Å². The molecule has 0 saturated heterocycles. The largest absolute Gasteiger partial charge is 0.488 e. The van der Waals surface area contributed by atoms with Crippen molar-refractivity contribution in [3.8, 4) is 5.75 Å². The van der Waals surface area contributed by atoms with Crippen molar-refractivity contribution in [3.63, 3.8) is 0 Å². The molecule has 0 unspecified atom stereocenters. The third kappa shape index (κ3) is 5.59. The summed E-state index contributed by atoms with van der Waals surface area (Å²) < 4.78 is 10.9. The molecule has 1 amide bonds. The molecule has 6 heteroatoms. The van der Waals surface area contributed by atoms with Crippen molar-refractivity contribution >= 4 is 29.2 Å². The molecule has 3 aromatic rings. The Bertz CT molecular complexity index is 942. The van der Waals surface area contributed by atoms with Gasteiger partial charge < -0.3 is 14.8 Å². The SMILES string of the molecule is O=C(COC(=O)c1ccccc1OCc1ccccc1)Nc1ccc(Cl)cc1. The molecule has 0 heterocycles. The lowest BCUT2D eigenvalue weighted by Gasteiger charge is -2.11. The minimum Gasteiger partial charge on any atom is -0.488 e. The Balaban J connectivity index is 1.56. The predicted molar refractivity (Wildman–Crippen MR) is 108 cm³/mol. The molecule has 28 heavy (non-hydrogen) atoms. The molecule has 3 rings (SSSR count). The molecular weight excluding hydrogens is 378 g/mol. The van der Waals surface area contributed by atoms with Crippen molar-refractivity contribution in [2.75, 3.05) is 11.9 Å². The van der Waals surface area contributed by atoms with Crippen molar-refractivity contribution < 1.29 is 19.1 Å². The zero-order valence-electron chi connectivity index (χ0n) is 14.9. The van der Waals surface area contributed by atoms with Crippen LogP contribution in [0.4, 0.5) is 5.69 Å². The quantitative estimate of drug-likeness (QED) is 0.588. The summed E-state index contributed by atoms with van der Waals surface area (Å²) >= 11 is 5.80. The molecular formula is C22H18ClNO4. The van der Waals surface area contributed by atoms with E-state index in [2.05, 4.69) is 5.32 Å². The van der Waals surface area contributed by atoms with Gasteiger partial charge in [-0.15, -0.1) is 0 Å². The fraction of sp³-hybridized carbons (Fsp3) is 0.0909. The van der Waals surface area contributed by atoms with Crippen LogP contribution in [0.2, 0.25) is 5.02 Å². The molecule has 0 saturated carbocycles. The van der Waals surface area contributed by atoms with Crippen LogP contribution in [0.25, 0.3) is 0 Å². The van der Waals surface area contributed by atoms with Crippen LogP contribution < -0.4 is 10.1 Å². The summed E-state index contributed by atoms with van der Waals surface area (Å²) in [6.07, 6.45) is 0. The lowest BCUT2D eigenvalue weighted by Crippen LogP contribution is -2.21. The Kier molecular flexibility index (Phi) is 6.65. The zero-order valence-corrected chi connectivity index (χ0v) is 15.7. The highest BCUT2D eigenvalue weighted by Crippen LogP contribution is 2.20. The number of para-hydroxylation sites is 1. The van der Waals surface area contributed by atoms with Gasteiger partial charge in [0.2, 0.25) is 0 Å². The second kappa shape index (κ2) is 9.58. The highest BCUT2D eigenvalue weighted by molar-refractivity contribution is 6.30. The second-order valence-electron chi connectivity index (χ2n) is 5.90. The number of esters is 1. The fourth-order valence-electron chi connectivity index (χ4n) is 2.44. The molecule has 0 bridgehead atoms. The smallest absolute Gasteiger partial charge is 0.342 e. The Morgan fingerprint density at radius 1 is 0.857 bits per heavy atom. The molecule has 0 aliphatic rings. The van der Waals surface area contributed by atoms with E-state index in [1.54, 1.807) is 48.5 Å². The molecule has 0 fully saturated rings. The number of amides is 1. The summed E-state index contributed by atoms with van der Waals surface area (Å²) in [5, 5.41) is 3.20. The molecule has 1 N–H and O–H groups in total. The van der Waals surface area contributed by atoms with E-state index in [0.29, 0.717) is 23.1 Å². The number of carbonyl (C=O) groups is 2. The molecule has 0 aliphatic heterocycles. The number of hydrogen-bond acceptors (Lipinski definition) is 4. The monoisotopic (exact) mass is 395 g/mol. The number of carbonyl (C=O) groups excluding carboxylic acids is 2. The Hall–Kier alpha value is -3.31. The minimum absolute atomic E-state index is 0.262. The normalized spacial score (nSPS) is 10.2. The van der Waals surface area contributed by atoms with Crippen LogP contribution in [-0.2, 0) is 16.1 Å². The van der Waals surface area contributed by atoms with Crippen molar-refractivity contribution in [1.29, 1.82) is 0 Å². The summed E-state index contributed by atoms with van der Waals surface area (Å²) in [5.41, 5.74) is 1.81. The summed E-state index contributed by atoms with van der Waals surface area (Å²) in [6.45, 7) is -0.0866. The van der Waals surface area contributed by atoms with Crippen molar-refractivity contribution in [3.05, 3.63) is 95.0 Å².